The lowest BCUT2D eigenvalue weighted by atomic mass is 10.1. The third kappa shape index (κ3) is 6.55. The van der Waals surface area contributed by atoms with E-state index in [1.807, 2.05) is 47.9 Å². The van der Waals surface area contributed by atoms with Crippen LogP contribution in [0.15, 0.2) is 76.4 Å². The van der Waals surface area contributed by atoms with Crippen molar-refractivity contribution in [2.45, 2.75) is 23.9 Å². The van der Waals surface area contributed by atoms with Gasteiger partial charge in [-0.1, -0.05) is 63.0 Å². The van der Waals surface area contributed by atoms with Crippen LogP contribution in [0.3, 0.4) is 0 Å². The maximum atomic E-state index is 11.6. The zero-order valence-corrected chi connectivity index (χ0v) is 22.3. The highest BCUT2D eigenvalue weighted by Crippen LogP contribution is 2.41. The SMILES string of the molecule is Cc1nnc(S[C@H](C[N+](=O)[O-])c2cc(Br)ccc2OCc2ccc(Cl)cc2)n1-c1ccc(Cl)cc1. The van der Waals surface area contributed by atoms with Gasteiger partial charge in [0.25, 0.3) is 0 Å². The van der Waals surface area contributed by atoms with Gasteiger partial charge in [-0.05, 0) is 67.1 Å². The molecule has 0 bridgehead atoms. The van der Waals surface area contributed by atoms with Gasteiger partial charge in [0, 0.05) is 30.7 Å². The van der Waals surface area contributed by atoms with Gasteiger partial charge in [0.1, 0.15) is 23.4 Å². The number of benzene rings is 3. The Hall–Kier alpha value is -2.59. The van der Waals surface area contributed by atoms with E-state index >= 15 is 0 Å². The molecule has 0 radical (unpaired) electrons. The predicted molar refractivity (Wildman–Crippen MR) is 141 cm³/mol. The Kier molecular flexibility index (Phi) is 8.33. The highest BCUT2D eigenvalue weighted by Gasteiger charge is 2.27. The van der Waals surface area contributed by atoms with E-state index in [0.717, 1.165) is 15.7 Å². The summed E-state index contributed by atoms with van der Waals surface area (Å²) in [5, 5.41) is 21.3. The van der Waals surface area contributed by atoms with Crippen molar-refractivity contribution in [2.24, 2.45) is 0 Å². The molecular weight excluding hydrogens is 575 g/mol. The van der Waals surface area contributed by atoms with Crippen molar-refractivity contribution in [1.29, 1.82) is 0 Å². The molecule has 3 aromatic carbocycles. The summed E-state index contributed by atoms with van der Waals surface area (Å²) in [6, 6.07) is 20.1. The van der Waals surface area contributed by atoms with Crippen LogP contribution in [-0.4, -0.2) is 26.2 Å². The van der Waals surface area contributed by atoms with Crippen molar-refractivity contribution in [3.05, 3.63) is 108 Å². The third-order valence-electron chi connectivity index (χ3n) is 5.07. The van der Waals surface area contributed by atoms with Gasteiger partial charge < -0.3 is 4.74 Å². The van der Waals surface area contributed by atoms with Crippen molar-refractivity contribution in [1.82, 2.24) is 14.8 Å². The van der Waals surface area contributed by atoms with Crippen molar-refractivity contribution in [3.63, 3.8) is 0 Å². The summed E-state index contributed by atoms with van der Waals surface area (Å²) in [4.78, 5) is 11.3. The van der Waals surface area contributed by atoms with Crippen molar-refractivity contribution in [2.75, 3.05) is 6.54 Å². The van der Waals surface area contributed by atoms with Gasteiger partial charge in [0.2, 0.25) is 6.54 Å². The molecular formula is C24H19BrCl2N4O3S. The number of nitrogens with zero attached hydrogens (tertiary/aromatic N) is 4. The molecule has 0 spiro atoms. The van der Waals surface area contributed by atoms with Gasteiger partial charge in [-0.3, -0.25) is 14.7 Å². The summed E-state index contributed by atoms with van der Waals surface area (Å²) in [5.41, 5.74) is 2.42. The van der Waals surface area contributed by atoms with Gasteiger partial charge in [0.15, 0.2) is 5.16 Å². The van der Waals surface area contributed by atoms with Crippen LogP contribution in [0.25, 0.3) is 5.69 Å². The van der Waals surface area contributed by atoms with Crippen LogP contribution in [0.5, 0.6) is 5.75 Å². The molecule has 1 aromatic heterocycles. The van der Waals surface area contributed by atoms with E-state index in [4.69, 9.17) is 27.9 Å². The summed E-state index contributed by atoms with van der Waals surface area (Å²) in [6.45, 7) is 1.79. The Labute approximate surface area is 224 Å². The highest BCUT2D eigenvalue weighted by atomic mass is 79.9. The molecule has 0 N–H and O–H groups in total. The van der Waals surface area contributed by atoms with Crippen LogP contribution in [-0.2, 0) is 6.61 Å². The lowest BCUT2D eigenvalue weighted by Crippen LogP contribution is -2.12. The summed E-state index contributed by atoms with van der Waals surface area (Å²) in [7, 11) is 0. The van der Waals surface area contributed by atoms with Gasteiger partial charge in [0.05, 0.1) is 0 Å². The van der Waals surface area contributed by atoms with Crippen LogP contribution in [0, 0.1) is 17.0 Å². The van der Waals surface area contributed by atoms with Crippen molar-refractivity contribution in [3.8, 4) is 11.4 Å². The maximum Gasteiger partial charge on any atom is 0.220 e. The topological polar surface area (TPSA) is 83.1 Å². The number of nitro groups is 1. The molecule has 11 heteroatoms. The zero-order chi connectivity index (χ0) is 24.9. The minimum atomic E-state index is -0.586. The molecule has 7 nitrogen and oxygen atoms in total. The standard InChI is InChI=1S/C24H19BrCl2N4O3S/c1-15-28-29-24(31(15)20-9-7-19(27)8-10-20)35-23(13-30(32)33)21-12-17(25)4-11-22(21)34-14-16-2-5-18(26)6-3-16/h2-12,23H,13-14H2,1H3/t23-/m1/s1. The average molecular weight is 594 g/mol. The highest BCUT2D eigenvalue weighted by molar-refractivity contribution is 9.10. The summed E-state index contributed by atoms with van der Waals surface area (Å²) >= 11 is 16.8. The number of aryl methyl sites for hydroxylation is 1. The van der Waals surface area contributed by atoms with Crippen LogP contribution in [0.1, 0.15) is 22.2 Å². The molecule has 1 heterocycles. The monoisotopic (exact) mass is 592 g/mol. The first-order valence-electron chi connectivity index (χ1n) is 10.4. The predicted octanol–water partition coefficient (Wildman–Crippen LogP) is 7.33. The largest absolute Gasteiger partial charge is 0.489 e. The molecule has 4 rings (SSSR count). The Morgan fingerprint density at radius 2 is 1.71 bits per heavy atom. The number of hydrogen-bond donors (Lipinski definition) is 0. The van der Waals surface area contributed by atoms with E-state index < -0.39 is 5.25 Å². The molecule has 1 atom stereocenters. The third-order valence-corrected chi connectivity index (χ3v) is 7.23. The lowest BCUT2D eigenvalue weighted by molar-refractivity contribution is -0.479. The number of aromatic nitrogens is 3. The minimum absolute atomic E-state index is 0.293. The van der Waals surface area contributed by atoms with Crippen LogP contribution in [0.2, 0.25) is 10.0 Å². The molecule has 4 aromatic rings. The molecule has 0 unspecified atom stereocenters. The first-order chi connectivity index (χ1) is 16.8. The molecule has 180 valence electrons. The Morgan fingerprint density at radius 3 is 2.37 bits per heavy atom. The van der Waals surface area contributed by atoms with Gasteiger partial charge in [-0.2, -0.15) is 0 Å². The fourth-order valence-electron chi connectivity index (χ4n) is 3.41. The van der Waals surface area contributed by atoms with Gasteiger partial charge >= 0.3 is 0 Å². The molecule has 0 fully saturated rings. The van der Waals surface area contributed by atoms with Crippen LogP contribution in [0.4, 0.5) is 0 Å². The number of thioether (sulfide) groups is 1. The Morgan fingerprint density at radius 1 is 1.06 bits per heavy atom. The van der Waals surface area contributed by atoms with E-state index in [0.29, 0.717) is 38.9 Å². The first-order valence-corrected chi connectivity index (χ1v) is 12.9. The Bertz CT molecular complexity index is 1330. The quantitative estimate of drug-likeness (QED) is 0.115. The number of rotatable bonds is 9. The first kappa shape index (κ1) is 25.5. The van der Waals surface area contributed by atoms with Crippen molar-refractivity contribution < 1.29 is 9.66 Å². The minimum Gasteiger partial charge on any atom is -0.489 e. The maximum absolute atomic E-state index is 11.6. The number of hydrogen-bond acceptors (Lipinski definition) is 6. The van der Waals surface area contributed by atoms with Crippen LogP contribution >= 0.6 is 50.9 Å². The summed E-state index contributed by atoms with van der Waals surface area (Å²) in [5.74, 6) is 1.21. The molecule has 35 heavy (non-hydrogen) atoms. The normalized spacial score (nSPS) is 11.9. The number of ether oxygens (including phenoxy) is 1. The van der Waals surface area contributed by atoms with E-state index in [-0.39, 0.29) is 11.5 Å². The van der Waals surface area contributed by atoms with Crippen molar-refractivity contribution >= 4 is 50.9 Å². The molecule has 0 aliphatic heterocycles. The van der Waals surface area contributed by atoms with E-state index in [1.165, 1.54) is 11.8 Å². The molecule has 0 amide bonds. The summed E-state index contributed by atoms with van der Waals surface area (Å²) in [6.07, 6.45) is 0. The fourth-order valence-corrected chi connectivity index (χ4v) is 5.24. The Balaban J connectivity index is 1.67. The van der Waals surface area contributed by atoms with E-state index in [2.05, 4.69) is 26.1 Å². The number of halogens is 3. The second kappa shape index (κ2) is 11.4. The van der Waals surface area contributed by atoms with E-state index in [1.54, 1.807) is 30.3 Å². The zero-order valence-electron chi connectivity index (χ0n) is 18.4. The lowest BCUT2D eigenvalue weighted by Gasteiger charge is -2.18. The molecule has 0 aliphatic rings. The van der Waals surface area contributed by atoms with Gasteiger partial charge in [-0.15, -0.1) is 10.2 Å². The molecule has 0 aliphatic carbocycles. The second-order valence-corrected chi connectivity index (χ2v) is 10.5. The smallest absolute Gasteiger partial charge is 0.220 e. The van der Waals surface area contributed by atoms with E-state index in [9.17, 15) is 10.1 Å². The molecule has 0 saturated carbocycles. The van der Waals surface area contributed by atoms with Gasteiger partial charge in [-0.25, -0.2) is 0 Å². The van der Waals surface area contributed by atoms with Crippen LogP contribution < -0.4 is 4.74 Å². The molecule has 0 saturated heterocycles. The second-order valence-electron chi connectivity index (χ2n) is 7.56. The fraction of sp³-hybridized carbons (Fsp3) is 0.167. The average Bonchev–Trinajstić information content (AvgIpc) is 3.19. The summed E-state index contributed by atoms with van der Waals surface area (Å²) < 4.78 is 8.73.